The number of hydrogen-bond acceptors (Lipinski definition) is 7. The van der Waals surface area contributed by atoms with Gasteiger partial charge in [-0.1, -0.05) is 11.3 Å². The van der Waals surface area contributed by atoms with E-state index in [0.717, 1.165) is 25.9 Å². The predicted molar refractivity (Wildman–Crippen MR) is 75.5 cm³/mol. The maximum absolute atomic E-state index is 11.6. The van der Waals surface area contributed by atoms with E-state index in [9.17, 15) is 9.59 Å². The molecule has 0 aliphatic carbocycles. The second-order valence-corrected chi connectivity index (χ2v) is 5.61. The Labute approximate surface area is 121 Å². The summed E-state index contributed by atoms with van der Waals surface area (Å²) in [5, 5.41) is 3.68. The lowest BCUT2D eigenvalue weighted by Crippen LogP contribution is -2.26. The first-order chi connectivity index (χ1) is 9.61. The lowest BCUT2D eigenvalue weighted by atomic mass is 10.1. The average molecular weight is 298 g/mol. The summed E-state index contributed by atoms with van der Waals surface area (Å²) >= 11 is 1.17. The van der Waals surface area contributed by atoms with Crippen LogP contribution in [-0.2, 0) is 9.47 Å². The fourth-order valence-corrected chi connectivity index (χ4v) is 2.89. The summed E-state index contributed by atoms with van der Waals surface area (Å²) in [6.45, 7) is 2.83. The summed E-state index contributed by atoms with van der Waals surface area (Å²) in [6.07, 6.45) is 3.45. The van der Waals surface area contributed by atoms with Gasteiger partial charge >= 0.3 is 5.97 Å². The van der Waals surface area contributed by atoms with E-state index in [4.69, 9.17) is 4.74 Å². The minimum atomic E-state index is -0.589. The fourth-order valence-electron chi connectivity index (χ4n) is 2.04. The van der Waals surface area contributed by atoms with E-state index in [0.29, 0.717) is 16.6 Å². The Hall–Kier alpha value is -1.47. The number of ether oxygens (including phenoxy) is 2. The molecule has 1 aliphatic rings. The van der Waals surface area contributed by atoms with Crippen LogP contribution in [0.3, 0.4) is 0 Å². The molecule has 2 rings (SSSR count). The summed E-state index contributed by atoms with van der Waals surface area (Å²) in [4.78, 5) is 27.6. The largest absolute Gasteiger partial charge is 0.464 e. The van der Waals surface area contributed by atoms with Crippen molar-refractivity contribution in [2.45, 2.75) is 32.3 Å². The first-order valence-corrected chi connectivity index (χ1v) is 7.39. The van der Waals surface area contributed by atoms with Gasteiger partial charge in [0.15, 0.2) is 16.6 Å². The number of ketones is 1. The quantitative estimate of drug-likeness (QED) is 0.662. The lowest BCUT2D eigenvalue weighted by Gasteiger charge is -2.22. The molecule has 2 heterocycles. The van der Waals surface area contributed by atoms with Crippen LogP contribution >= 0.6 is 11.3 Å². The molecular formula is C13H18N2O4S. The second kappa shape index (κ2) is 6.81. The minimum Gasteiger partial charge on any atom is -0.464 e. The molecule has 0 saturated carbocycles. The topological polar surface area (TPSA) is 77.5 Å². The monoisotopic (exact) mass is 298 g/mol. The van der Waals surface area contributed by atoms with Crippen LogP contribution in [0.4, 0.5) is 5.13 Å². The number of aromatic nitrogens is 1. The maximum Gasteiger partial charge on any atom is 0.358 e. The second-order valence-electron chi connectivity index (χ2n) is 4.61. The number of carbonyl (C=O) groups is 2. The molecule has 20 heavy (non-hydrogen) atoms. The number of methoxy groups -OCH3 is 1. The molecule has 1 unspecified atom stereocenters. The molecule has 0 radical (unpaired) electrons. The van der Waals surface area contributed by atoms with Gasteiger partial charge in [-0.15, -0.1) is 0 Å². The van der Waals surface area contributed by atoms with E-state index in [-0.39, 0.29) is 17.6 Å². The van der Waals surface area contributed by atoms with Crippen LogP contribution in [0.2, 0.25) is 0 Å². The molecule has 1 aromatic heterocycles. The van der Waals surface area contributed by atoms with Crippen LogP contribution in [0.15, 0.2) is 0 Å². The molecule has 1 fully saturated rings. The van der Waals surface area contributed by atoms with Crippen LogP contribution in [0.5, 0.6) is 0 Å². The highest BCUT2D eigenvalue weighted by Crippen LogP contribution is 2.25. The molecule has 0 aromatic carbocycles. The third kappa shape index (κ3) is 3.55. The Morgan fingerprint density at radius 3 is 2.90 bits per heavy atom. The molecule has 1 aromatic rings. The number of anilines is 1. The molecule has 1 N–H and O–H groups in total. The highest BCUT2D eigenvalue weighted by molar-refractivity contribution is 7.17. The van der Waals surface area contributed by atoms with Gasteiger partial charge in [0.1, 0.15) is 4.88 Å². The Kier molecular flexibility index (Phi) is 5.08. The number of rotatable bonds is 5. The highest BCUT2D eigenvalue weighted by Gasteiger charge is 2.22. The predicted octanol–water partition coefficient (Wildman–Crippen LogP) is 2.11. The van der Waals surface area contributed by atoms with E-state index >= 15 is 0 Å². The van der Waals surface area contributed by atoms with Crippen molar-refractivity contribution >= 4 is 28.2 Å². The van der Waals surface area contributed by atoms with Crippen molar-refractivity contribution in [1.29, 1.82) is 0 Å². The molecule has 0 spiro atoms. The first kappa shape index (κ1) is 14.9. The third-order valence-corrected chi connectivity index (χ3v) is 4.19. The van der Waals surface area contributed by atoms with Crippen LogP contribution in [-0.4, -0.2) is 43.1 Å². The van der Waals surface area contributed by atoms with Crippen molar-refractivity contribution in [2.75, 3.05) is 25.6 Å². The average Bonchev–Trinajstić information content (AvgIpc) is 2.90. The Bertz CT molecular complexity index is 495. The summed E-state index contributed by atoms with van der Waals surface area (Å²) in [5.41, 5.74) is 0.0806. The van der Waals surface area contributed by atoms with Crippen molar-refractivity contribution in [1.82, 2.24) is 4.98 Å². The molecule has 110 valence electrons. The number of hydrogen-bond donors (Lipinski definition) is 1. The minimum absolute atomic E-state index is 0.0806. The maximum atomic E-state index is 11.6. The van der Waals surface area contributed by atoms with E-state index < -0.39 is 5.97 Å². The number of esters is 1. The summed E-state index contributed by atoms with van der Waals surface area (Å²) in [7, 11) is 1.27. The van der Waals surface area contributed by atoms with Gasteiger partial charge in [0.2, 0.25) is 0 Å². The van der Waals surface area contributed by atoms with Crippen molar-refractivity contribution in [3.05, 3.63) is 10.6 Å². The van der Waals surface area contributed by atoms with Crippen LogP contribution in [0, 0.1) is 0 Å². The normalized spacial score (nSPS) is 18.6. The van der Waals surface area contributed by atoms with Crippen molar-refractivity contribution < 1.29 is 19.1 Å². The van der Waals surface area contributed by atoms with Gasteiger partial charge in [-0.3, -0.25) is 4.79 Å². The third-order valence-electron chi connectivity index (χ3n) is 3.08. The highest BCUT2D eigenvalue weighted by atomic mass is 32.1. The van der Waals surface area contributed by atoms with E-state index in [1.807, 2.05) is 0 Å². The first-order valence-electron chi connectivity index (χ1n) is 6.57. The molecule has 1 atom stereocenters. The van der Waals surface area contributed by atoms with Gasteiger partial charge < -0.3 is 14.8 Å². The molecular weight excluding hydrogens is 280 g/mol. The molecule has 7 heteroatoms. The number of Topliss-reactive ketones (excluding diaryl/α,β-unsaturated/α-hetero) is 1. The SMILES string of the molecule is COC(=O)c1nc(NCC2CCCCO2)sc1C(C)=O. The summed E-state index contributed by atoms with van der Waals surface area (Å²) in [6, 6.07) is 0. The molecule has 6 nitrogen and oxygen atoms in total. The van der Waals surface area contributed by atoms with Gasteiger partial charge in [0, 0.05) is 20.1 Å². The zero-order chi connectivity index (χ0) is 14.5. The molecule has 1 aliphatic heterocycles. The lowest BCUT2D eigenvalue weighted by molar-refractivity contribution is 0.0247. The summed E-state index contributed by atoms with van der Waals surface area (Å²) < 4.78 is 10.2. The standard InChI is InChI=1S/C13H18N2O4S/c1-8(16)11-10(12(17)18-2)15-13(20-11)14-7-9-5-3-4-6-19-9/h9H,3-7H2,1-2H3,(H,14,15). The van der Waals surface area contributed by atoms with Crippen LogP contribution in [0.1, 0.15) is 46.3 Å². The van der Waals surface area contributed by atoms with Gasteiger partial charge in [-0.25, -0.2) is 9.78 Å². The van der Waals surface area contributed by atoms with Gasteiger partial charge in [0.25, 0.3) is 0 Å². The Morgan fingerprint density at radius 2 is 2.30 bits per heavy atom. The Balaban J connectivity index is 2.04. The van der Waals surface area contributed by atoms with E-state index in [2.05, 4.69) is 15.0 Å². The molecule has 0 bridgehead atoms. The molecule has 1 saturated heterocycles. The molecule has 0 amide bonds. The smallest absolute Gasteiger partial charge is 0.358 e. The summed E-state index contributed by atoms with van der Waals surface area (Å²) in [5.74, 6) is -0.779. The van der Waals surface area contributed by atoms with Gasteiger partial charge in [-0.2, -0.15) is 0 Å². The number of thiazole rings is 1. The van der Waals surface area contributed by atoms with Crippen LogP contribution in [0.25, 0.3) is 0 Å². The van der Waals surface area contributed by atoms with Gasteiger partial charge in [-0.05, 0) is 19.3 Å². The number of nitrogens with zero attached hydrogens (tertiary/aromatic N) is 1. The number of nitrogens with one attached hydrogen (secondary N) is 1. The zero-order valence-electron chi connectivity index (χ0n) is 11.6. The fraction of sp³-hybridized carbons (Fsp3) is 0.615. The van der Waals surface area contributed by atoms with Crippen molar-refractivity contribution in [3.8, 4) is 0 Å². The zero-order valence-corrected chi connectivity index (χ0v) is 12.4. The van der Waals surface area contributed by atoms with E-state index in [1.54, 1.807) is 0 Å². The Morgan fingerprint density at radius 1 is 1.50 bits per heavy atom. The van der Waals surface area contributed by atoms with Gasteiger partial charge in [0.05, 0.1) is 13.2 Å². The van der Waals surface area contributed by atoms with Crippen molar-refractivity contribution in [3.63, 3.8) is 0 Å². The van der Waals surface area contributed by atoms with Crippen LogP contribution < -0.4 is 5.32 Å². The van der Waals surface area contributed by atoms with E-state index in [1.165, 1.54) is 25.4 Å². The number of carbonyl (C=O) groups excluding carboxylic acids is 2. The van der Waals surface area contributed by atoms with Crippen molar-refractivity contribution in [2.24, 2.45) is 0 Å².